The molecule has 4 aromatic rings. The molecule has 63 heavy (non-hydrogen) atoms. The Bertz CT molecular complexity index is 1910. The Hall–Kier alpha value is -5.42. The molecule has 0 aromatic heterocycles. The first-order chi connectivity index (χ1) is 30.7. The summed E-state index contributed by atoms with van der Waals surface area (Å²) in [5.74, 6) is 1.05. The number of esters is 2. The zero-order valence-corrected chi connectivity index (χ0v) is 38.5. The maximum atomic E-state index is 12.6. The molecule has 11 heteroatoms. The second-order valence-corrected chi connectivity index (χ2v) is 16.8. The zero-order chi connectivity index (χ0) is 44.8. The molecule has 0 bridgehead atoms. The highest BCUT2D eigenvalue weighted by molar-refractivity contribution is 5.90. The first-order valence-corrected chi connectivity index (χ1v) is 23.4. The van der Waals surface area contributed by atoms with Crippen molar-refractivity contribution in [2.24, 2.45) is 20.5 Å². The van der Waals surface area contributed by atoms with Crippen molar-refractivity contribution in [1.29, 1.82) is 0 Å². The summed E-state index contributed by atoms with van der Waals surface area (Å²) in [5.41, 5.74) is 3.85. The number of benzene rings is 4. The molecule has 0 atom stereocenters. The third kappa shape index (κ3) is 21.5. The number of carbonyl (C=O) groups is 2. The quantitative estimate of drug-likeness (QED) is 0.0209. The fraction of sp³-hybridized carbons (Fsp3) is 0.500. The molecule has 4 rings (SSSR count). The highest BCUT2D eigenvalue weighted by Crippen LogP contribution is 2.24. The van der Waals surface area contributed by atoms with Crippen LogP contribution in [0.2, 0.25) is 0 Å². The first kappa shape index (κ1) is 50.2. The van der Waals surface area contributed by atoms with Crippen molar-refractivity contribution in [1.82, 2.24) is 0 Å². The van der Waals surface area contributed by atoms with Gasteiger partial charge in [-0.05, 0) is 161 Å². The van der Waals surface area contributed by atoms with Gasteiger partial charge in [0.25, 0.3) is 0 Å². The molecular weight excluding hydrogens is 791 g/mol. The van der Waals surface area contributed by atoms with Crippen molar-refractivity contribution >= 4 is 34.7 Å². The molecule has 340 valence electrons. The molecule has 0 spiro atoms. The van der Waals surface area contributed by atoms with E-state index >= 15 is 0 Å². The molecule has 0 aliphatic carbocycles. The Morgan fingerprint density at radius 2 is 0.698 bits per heavy atom. The van der Waals surface area contributed by atoms with Crippen molar-refractivity contribution < 1.29 is 33.0 Å². The van der Waals surface area contributed by atoms with Crippen molar-refractivity contribution in [2.45, 2.75) is 117 Å². The van der Waals surface area contributed by atoms with Crippen LogP contribution in [0, 0.1) is 0 Å². The van der Waals surface area contributed by atoms with Crippen LogP contribution in [0.25, 0.3) is 0 Å². The summed E-state index contributed by atoms with van der Waals surface area (Å²) in [5, 5.41) is 17.2. The minimum Gasteiger partial charge on any atom is -0.494 e. The number of nitrogens with zero attached hydrogens (tertiary/aromatic N) is 5. The summed E-state index contributed by atoms with van der Waals surface area (Å²) in [6.07, 6.45) is 17.7. The van der Waals surface area contributed by atoms with E-state index in [0.717, 1.165) is 118 Å². The summed E-state index contributed by atoms with van der Waals surface area (Å²) in [7, 11) is 4.63. The maximum absolute atomic E-state index is 12.6. The van der Waals surface area contributed by atoms with Crippen LogP contribution in [0.3, 0.4) is 0 Å². The van der Waals surface area contributed by atoms with Crippen LogP contribution < -0.4 is 9.47 Å². The molecule has 11 nitrogen and oxygen atoms in total. The van der Waals surface area contributed by atoms with E-state index in [1.54, 1.807) is 48.5 Å². The normalized spacial score (nSPS) is 11.6. The number of unbranched alkanes of at least 4 members (excludes halogenated alkanes) is 12. The molecule has 0 aliphatic heterocycles. The minimum absolute atomic E-state index is 0.305. The second kappa shape index (κ2) is 29.8. The van der Waals surface area contributed by atoms with Gasteiger partial charge in [0.05, 0.1) is 87.5 Å². The van der Waals surface area contributed by atoms with Crippen LogP contribution in [0.5, 0.6) is 11.5 Å². The van der Waals surface area contributed by atoms with E-state index < -0.39 is 0 Å². The van der Waals surface area contributed by atoms with Gasteiger partial charge >= 0.3 is 11.9 Å². The van der Waals surface area contributed by atoms with Crippen molar-refractivity contribution in [3.8, 4) is 11.5 Å². The average Bonchev–Trinajstić information content (AvgIpc) is 3.30. The molecule has 0 amide bonds. The molecule has 0 heterocycles. The molecular formula is C52H72N5O6+. The smallest absolute Gasteiger partial charge is 0.338 e. The Kier molecular flexibility index (Phi) is 23.8. The van der Waals surface area contributed by atoms with E-state index in [1.807, 2.05) is 48.5 Å². The zero-order valence-electron chi connectivity index (χ0n) is 38.5. The third-order valence-electron chi connectivity index (χ3n) is 10.8. The fourth-order valence-corrected chi connectivity index (χ4v) is 6.81. The predicted molar refractivity (Wildman–Crippen MR) is 253 cm³/mol. The minimum atomic E-state index is -0.309. The fourth-order valence-electron chi connectivity index (χ4n) is 6.81. The van der Waals surface area contributed by atoms with Gasteiger partial charge in [0, 0.05) is 0 Å². The summed E-state index contributed by atoms with van der Waals surface area (Å²) >= 11 is 0. The lowest BCUT2D eigenvalue weighted by Gasteiger charge is -2.30. The van der Waals surface area contributed by atoms with Crippen LogP contribution in [0.1, 0.15) is 137 Å². The number of rotatable bonds is 32. The number of carbonyl (C=O) groups excluding carboxylic acids is 2. The largest absolute Gasteiger partial charge is 0.494 e. The van der Waals surface area contributed by atoms with Gasteiger partial charge in [0.1, 0.15) is 11.5 Å². The molecule has 4 aromatic carbocycles. The molecule has 0 unspecified atom stereocenters. The SMILES string of the molecule is CCCCCCOC(=O)c1ccc(N=Nc2ccc(OCCCCCC[N+](C)(C)CCCCCCOC(=O)c3ccc(N=Nc4ccc(OCCCCCC)cc4)cc3)cc2)cc1. The van der Waals surface area contributed by atoms with Crippen LogP contribution >= 0.6 is 0 Å². The molecule has 0 saturated carbocycles. The van der Waals surface area contributed by atoms with Crippen LogP contribution in [0.4, 0.5) is 22.7 Å². The maximum Gasteiger partial charge on any atom is 0.338 e. The summed E-state index contributed by atoms with van der Waals surface area (Å²) in [6.45, 7) is 8.96. The van der Waals surface area contributed by atoms with E-state index in [9.17, 15) is 9.59 Å². The van der Waals surface area contributed by atoms with Gasteiger partial charge in [0.2, 0.25) is 0 Å². The first-order valence-electron chi connectivity index (χ1n) is 23.4. The van der Waals surface area contributed by atoms with Crippen molar-refractivity contribution in [3.63, 3.8) is 0 Å². The Morgan fingerprint density at radius 3 is 1.05 bits per heavy atom. The average molecular weight is 863 g/mol. The van der Waals surface area contributed by atoms with Gasteiger partial charge in [0.15, 0.2) is 0 Å². The Morgan fingerprint density at radius 1 is 0.397 bits per heavy atom. The van der Waals surface area contributed by atoms with Gasteiger partial charge in [-0.15, -0.1) is 0 Å². The summed E-state index contributed by atoms with van der Waals surface area (Å²) < 4.78 is 23.7. The standard InChI is InChI=1S/C52H72N5O6/c1-5-7-9-17-39-60-49-33-29-47(30-34-49)55-54-46-27-23-44(24-28-46)52(59)63-42-20-14-12-16-38-57(3,4)37-15-11-13-19-40-61-50-35-31-48(32-36-50)56-53-45-25-21-43(22-26-45)51(58)62-41-18-10-8-6-2/h21-36H,5-20,37-42H2,1-4H3/q+1. The highest BCUT2D eigenvalue weighted by atomic mass is 16.5. The van der Waals surface area contributed by atoms with Gasteiger partial charge in [-0.2, -0.15) is 20.5 Å². The third-order valence-corrected chi connectivity index (χ3v) is 10.8. The molecule has 0 N–H and O–H groups in total. The topological polar surface area (TPSA) is 121 Å². The van der Waals surface area contributed by atoms with E-state index in [0.29, 0.717) is 42.3 Å². The number of azo groups is 2. The van der Waals surface area contributed by atoms with Gasteiger partial charge in [-0.1, -0.05) is 52.4 Å². The molecule has 0 aliphatic rings. The van der Waals surface area contributed by atoms with E-state index in [2.05, 4.69) is 48.4 Å². The summed E-state index contributed by atoms with van der Waals surface area (Å²) in [6, 6.07) is 29.2. The van der Waals surface area contributed by atoms with Gasteiger partial charge < -0.3 is 23.4 Å². The van der Waals surface area contributed by atoms with Crippen molar-refractivity contribution in [2.75, 3.05) is 53.6 Å². The van der Waals surface area contributed by atoms with Crippen LogP contribution in [0.15, 0.2) is 118 Å². The Balaban J connectivity index is 0.979. The van der Waals surface area contributed by atoms with E-state index in [4.69, 9.17) is 18.9 Å². The van der Waals surface area contributed by atoms with Crippen molar-refractivity contribution in [3.05, 3.63) is 108 Å². The number of hydrogen-bond donors (Lipinski definition) is 0. The van der Waals surface area contributed by atoms with Crippen LogP contribution in [-0.2, 0) is 9.47 Å². The molecule has 0 saturated heterocycles. The second-order valence-electron chi connectivity index (χ2n) is 16.8. The lowest BCUT2D eigenvalue weighted by Crippen LogP contribution is -2.41. The molecule has 0 fully saturated rings. The lowest BCUT2D eigenvalue weighted by molar-refractivity contribution is -0.890. The Labute approximate surface area is 376 Å². The number of ether oxygens (including phenoxy) is 4. The van der Waals surface area contributed by atoms with Gasteiger partial charge in [-0.25, -0.2) is 9.59 Å². The monoisotopic (exact) mass is 863 g/mol. The predicted octanol–water partition coefficient (Wildman–Crippen LogP) is 14.6. The van der Waals surface area contributed by atoms with E-state index in [-0.39, 0.29) is 11.9 Å². The van der Waals surface area contributed by atoms with Crippen LogP contribution in [-0.4, -0.2) is 70.0 Å². The highest BCUT2D eigenvalue weighted by Gasteiger charge is 2.14. The summed E-state index contributed by atoms with van der Waals surface area (Å²) in [4.78, 5) is 24.8. The lowest BCUT2D eigenvalue weighted by atomic mass is 10.1. The number of hydrogen-bond acceptors (Lipinski definition) is 10. The number of quaternary nitrogens is 1. The van der Waals surface area contributed by atoms with Gasteiger partial charge in [-0.3, -0.25) is 0 Å². The molecule has 0 radical (unpaired) electrons. The van der Waals surface area contributed by atoms with E-state index in [1.165, 1.54) is 32.1 Å².